The van der Waals surface area contributed by atoms with Crippen molar-refractivity contribution in [1.29, 1.82) is 5.26 Å². The molecule has 0 bridgehead atoms. The van der Waals surface area contributed by atoms with Gasteiger partial charge in [-0.1, -0.05) is 11.6 Å². The average Bonchev–Trinajstić information content (AvgIpc) is 3.20. The number of hydrogen-bond acceptors (Lipinski definition) is 7. The van der Waals surface area contributed by atoms with Gasteiger partial charge in [-0.15, -0.1) is 0 Å². The van der Waals surface area contributed by atoms with Crippen molar-refractivity contribution in [3.8, 4) is 6.07 Å². The number of halogens is 1. The molecule has 4 N–H and O–H groups in total. The Morgan fingerprint density at radius 2 is 2.00 bits per heavy atom. The third-order valence-corrected chi connectivity index (χ3v) is 7.42. The maximum absolute atomic E-state index is 12.7. The molecule has 1 aromatic carbocycles. The lowest BCUT2D eigenvalue weighted by Crippen LogP contribution is -2.67. The molecule has 2 aliphatic carbocycles. The molecule has 5 rings (SSSR count). The standard InChI is InChI=1S/C22H27ClN6O3/c23-16-4-13(9-24)3-14(5-16)10-32-21(31)29-11-22(12-29)7-17(8-22)25-20(30)15-1-2-18-19(6-15)27-28-26-18/h3-5,15,17-19,26-28H,1-2,6-8,10-12H2,(H,25,30). The van der Waals surface area contributed by atoms with Gasteiger partial charge < -0.3 is 15.0 Å². The van der Waals surface area contributed by atoms with Crippen molar-refractivity contribution in [2.75, 3.05) is 13.1 Å². The Morgan fingerprint density at radius 1 is 1.22 bits per heavy atom. The van der Waals surface area contributed by atoms with Crippen molar-refractivity contribution in [3.05, 3.63) is 34.3 Å². The lowest BCUT2D eigenvalue weighted by Gasteiger charge is -2.58. The van der Waals surface area contributed by atoms with Gasteiger partial charge >= 0.3 is 6.09 Å². The Morgan fingerprint density at radius 3 is 2.78 bits per heavy atom. The fourth-order valence-corrected chi connectivity index (χ4v) is 5.82. The van der Waals surface area contributed by atoms with Crippen LogP contribution in [0.4, 0.5) is 4.79 Å². The van der Waals surface area contributed by atoms with Gasteiger partial charge in [0.05, 0.1) is 11.6 Å². The summed E-state index contributed by atoms with van der Waals surface area (Å²) in [6.45, 7) is 1.40. The van der Waals surface area contributed by atoms with Crippen molar-refractivity contribution in [1.82, 2.24) is 26.6 Å². The van der Waals surface area contributed by atoms with Gasteiger partial charge in [0.2, 0.25) is 5.91 Å². The van der Waals surface area contributed by atoms with E-state index in [2.05, 4.69) is 21.7 Å². The Kier molecular flexibility index (Phi) is 5.72. The zero-order valence-electron chi connectivity index (χ0n) is 17.7. The lowest BCUT2D eigenvalue weighted by molar-refractivity contribution is -0.131. The first-order chi connectivity index (χ1) is 15.4. The Labute approximate surface area is 191 Å². The van der Waals surface area contributed by atoms with Crippen LogP contribution >= 0.6 is 11.6 Å². The van der Waals surface area contributed by atoms with E-state index in [9.17, 15) is 9.59 Å². The molecule has 0 radical (unpaired) electrons. The maximum Gasteiger partial charge on any atom is 0.410 e. The SMILES string of the molecule is N#Cc1cc(Cl)cc(COC(=O)N2CC3(CC(NC(=O)C4CCC5NNNC5C4)C3)C2)c1. The highest BCUT2D eigenvalue weighted by Crippen LogP contribution is 2.48. The number of fused-ring (bicyclic) bond motifs is 1. The zero-order valence-corrected chi connectivity index (χ0v) is 18.5. The molecular weight excluding hydrogens is 432 g/mol. The number of rotatable bonds is 4. The summed E-state index contributed by atoms with van der Waals surface area (Å²) in [7, 11) is 0. The fourth-order valence-electron chi connectivity index (χ4n) is 5.56. The average molecular weight is 459 g/mol. The topological polar surface area (TPSA) is 119 Å². The molecule has 1 aromatic rings. The molecule has 3 unspecified atom stereocenters. The van der Waals surface area contributed by atoms with E-state index < -0.39 is 0 Å². The summed E-state index contributed by atoms with van der Waals surface area (Å²) in [5.74, 6) is 0.216. The summed E-state index contributed by atoms with van der Waals surface area (Å²) in [5.41, 5.74) is 10.6. The molecule has 170 valence electrons. The van der Waals surface area contributed by atoms with Crippen molar-refractivity contribution in [2.24, 2.45) is 11.3 Å². The molecule has 10 heteroatoms. The summed E-state index contributed by atoms with van der Waals surface area (Å²) in [4.78, 5) is 26.7. The van der Waals surface area contributed by atoms with Crippen LogP contribution in [-0.2, 0) is 16.1 Å². The number of nitrogens with one attached hydrogen (secondary N) is 4. The van der Waals surface area contributed by atoms with Crippen LogP contribution in [-0.4, -0.2) is 48.1 Å². The second-order valence-corrected chi connectivity index (χ2v) is 10.1. The highest BCUT2D eigenvalue weighted by atomic mass is 35.5. The van der Waals surface area contributed by atoms with Crippen molar-refractivity contribution >= 4 is 23.6 Å². The minimum atomic E-state index is -0.357. The highest BCUT2D eigenvalue weighted by Gasteiger charge is 2.54. The van der Waals surface area contributed by atoms with E-state index in [1.165, 1.54) is 0 Å². The number of amides is 2. The minimum absolute atomic E-state index is 0.0582. The van der Waals surface area contributed by atoms with Crippen LogP contribution in [0.5, 0.6) is 0 Å². The normalized spacial score (nSPS) is 28.2. The number of ether oxygens (including phenoxy) is 1. The molecule has 9 nitrogen and oxygen atoms in total. The van der Waals surface area contributed by atoms with Gasteiger partial charge in [-0.3, -0.25) is 4.79 Å². The van der Waals surface area contributed by atoms with Crippen molar-refractivity contribution in [2.45, 2.75) is 56.8 Å². The molecule has 0 aromatic heterocycles. The first-order valence-corrected chi connectivity index (χ1v) is 11.5. The maximum atomic E-state index is 12.7. The van der Waals surface area contributed by atoms with Crippen LogP contribution in [0.2, 0.25) is 5.02 Å². The summed E-state index contributed by atoms with van der Waals surface area (Å²) in [6.07, 6.45) is 4.19. The van der Waals surface area contributed by atoms with E-state index in [0.717, 1.165) is 32.1 Å². The molecule has 1 spiro atoms. The summed E-state index contributed by atoms with van der Waals surface area (Å²) < 4.78 is 5.39. The number of nitriles is 1. The molecule has 4 fully saturated rings. The van der Waals surface area contributed by atoms with E-state index in [-0.39, 0.29) is 36.0 Å². The molecule has 2 amide bonds. The second-order valence-electron chi connectivity index (χ2n) is 9.62. The predicted octanol–water partition coefficient (Wildman–Crippen LogP) is 1.58. The fraction of sp³-hybridized carbons (Fsp3) is 0.591. The number of likely N-dealkylation sites (tertiary alicyclic amines) is 1. The van der Waals surface area contributed by atoms with Crippen LogP contribution in [0.25, 0.3) is 0 Å². The van der Waals surface area contributed by atoms with Crippen molar-refractivity contribution < 1.29 is 14.3 Å². The number of nitrogens with zero attached hydrogens (tertiary/aromatic N) is 2. The summed E-state index contributed by atoms with van der Waals surface area (Å²) >= 11 is 5.99. The number of hydrazine groups is 2. The first-order valence-electron chi connectivity index (χ1n) is 11.1. The smallest absolute Gasteiger partial charge is 0.410 e. The van der Waals surface area contributed by atoms with E-state index in [1.807, 2.05) is 6.07 Å². The van der Waals surface area contributed by atoms with Gasteiger partial charge in [-0.05, 0) is 55.9 Å². The van der Waals surface area contributed by atoms with E-state index >= 15 is 0 Å². The molecule has 2 saturated carbocycles. The predicted molar refractivity (Wildman–Crippen MR) is 116 cm³/mol. The van der Waals surface area contributed by atoms with E-state index in [1.54, 1.807) is 23.1 Å². The molecule has 2 heterocycles. The van der Waals surface area contributed by atoms with E-state index in [0.29, 0.717) is 41.3 Å². The van der Waals surface area contributed by atoms with E-state index in [4.69, 9.17) is 21.6 Å². The van der Waals surface area contributed by atoms with Crippen molar-refractivity contribution in [3.63, 3.8) is 0 Å². The van der Waals surface area contributed by atoms with Gasteiger partial charge in [0.25, 0.3) is 0 Å². The molecular formula is C22H27ClN6O3. The van der Waals surface area contributed by atoms with Crippen LogP contribution < -0.4 is 21.7 Å². The first kappa shape index (κ1) is 21.5. The number of hydrogen-bond donors (Lipinski definition) is 4. The minimum Gasteiger partial charge on any atom is -0.445 e. The van der Waals surface area contributed by atoms with Crippen LogP contribution in [0.15, 0.2) is 18.2 Å². The Bertz CT molecular complexity index is 951. The molecule has 3 atom stereocenters. The number of carbonyl (C=O) groups excluding carboxylic acids is 2. The third-order valence-electron chi connectivity index (χ3n) is 7.20. The monoisotopic (exact) mass is 458 g/mol. The quantitative estimate of drug-likeness (QED) is 0.541. The van der Waals surface area contributed by atoms with Crippen LogP contribution in [0, 0.1) is 22.7 Å². The highest BCUT2D eigenvalue weighted by molar-refractivity contribution is 6.30. The largest absolute Gasteiger partial charge is 0.445 e. The van der Waals surface area contributed by atoms with Gasteiger partial charge in [0, 0.05) is 47.6 Å². The molecule has 2 aliphatic heterocycles. The van der Waals surface area contributed by atoms with Gasteiger partial charge in [0.15, 0.2) is 0 Å². The molecule has 4 aliphatic rings. The van der Waals surface area contributed by atoms with Gasteiger partial charge in [-0.2, -0.15) is 10.8 Å². The third kappa shape index (κ3) is 4.28. The van der Waals surface area contributed by atoms with Gasteiger partial charge in [-0.25, -0.2) is 15.6 Å². The number of carbonyl (C=O) groups is 2. The number of benzene rings is 1. The Hall–Kier alpha value is -2.38. The molecule has 2 saturated heterocycles. The van der Waals surface area contributed by atoms with Crippen LogP contribution in [0.3, 0.4) is 0 Å². The van der Waals surface area contributed by atoms with Gasteiger partial charge in [0.1, 0.15) is 6.61 Å². The summed E-state index contributed by atoms with van der Waals surface area (Å²) in [6, 6.07) is 7.87. The Balaban J connectivity index is 1.03. The second kappa shape index (κ2) is 8.52. The van der Waals surface area contributed by atoms with Crippen LogP contribution in [0.1, 0.15) is 43.2 Å². The lowest BCUT2D eigenvalue weighted by atomic mass is 9.60. The molecule has 32 heavy (non-hydrogen) atoms. The zero-order chi connectivity index (χ0) is 22.3. The summed E-state index contributed by atoms with van der Waals surface area (Å²) in [5, 5.41) is 12.7.